The van der Waals surface area contributed by atoms with E-state index in [9.17, 15) is 4.79 Å². The molecule has 0 N–H and O–H groups in total. The minimum atomic E-state index is -0.247. The summed E-state index contributed by atoms with van der Waals surface area (Å²) in [6.07, 6.45) is 0. The van der Waals surface area contributed by atoms with E-state index in [0.29, 0.717) is 0 Å². The summed E-state index contributed by atoms with van der Waals surface area (Å²) in [5.41, 5.74) is 4.59. The first-order valence-corrected chi connectivity index (χ1v) is 6.05. The Balaban J connectivity index is 3.27. The fourth-order valence-corrected chi connectivity index (χ4v) is 2.66. The fourth-order valence-electron chi connectivity index (χ4n) is 1.70. The third-order valence-corrected chi connectivity index (χ3v) is 4.14. The molecule has 14 heavy (non-hydrogen) atoms. The maximum absolute atomic E-state index is 11.2. The largest absolute Gasteiger partial charge is 0.285 e. The number of aryl methyl sites for hydroxylation is 3. The normalized spacial score (nSPS) is 12.6. The molecule has 0 spiro atoms. The summed E-state index contributed by atoms with van der Waals surface area (Å²) in [6, 6.07) is 4.18. The van der Waals surface area contributed by atoms with E-state index in [2.05, 4.69) is 50.9 Å². The molecule has 1 aromatic carbocycles. The summed E-state index contributed by atoms with van der Waals surface area (Å²) in [5.74, 6) is 0. The van der Waals surface area contributed by atoms with Crippen LogP contribution in [-0.2, 0) is 4.79 Å². The Kier molecular flexibility index (Phi) is 3.90. The van der Waals surface area contributed by atoms with E-state index in [4.69, 9.17) is 0 Å². The van der Waals surface area contributed by atoms with Crippen molar-refractivity contribution in [3.8, 4) is 0 Å². The number of benzene rings is 1. The lowest BCUT2D eigenvalue weighted by atomic mass is 9.98. The van der Waals surface area contributed by atoms with Crippen LogP contribution < -0.4 is 0 Å². The summed E-state index contributed by atoms with van der Waals surface area (Å²) >= 11 is 6.36. The molecule has 1 aromatic rings. The second kappa shape index (κ2) is 4.58. The van der Waals surface area contributed by atoms with Gasteiger partial charge in [-0.3, -0.25) is 4.79 Å². The third-order valence-electron chi connectivity index (χ3n) is 2.19. The van der Waals surface area contributed by atoms with Crippen molar-refractivity contribution in [3.63, 3.8) is 0 Å². The first-order valence-electron chi connectivity index (χ1n) is 4.34. The lowest BCUT2D eigenvalue weighted by molar-refractivity contribution is -0.109. The van der Waals surface area contributed by atoms with E-state index in [1.165, 1.54) is 5.56 Å². The van der Waals surface area contributed by atoms with Crippen LogP contribution >= 0.6 is 31.9 Å². The second-order valence-electron chi connectivity index (χ2n) is 3.48. The van der Waals surface area contributed by atoms with E-state index in [1.807, 2.05) is 13.8 Å². The molecule has 0 saturated carbocycles. The average molecular weight is 320 g/mol. The number of carbonyl (C=O) groups excluding carboxylic acids is 1. The van der Waals surface area contributed by atoms with E-state index in [1.54, 1.807) is 0 Å². The second-order valence-corrected chi connectivity index (χ2v) is 5.18. The predicted octanol–water partition coefficient (Wildman–Crippen LogP) is 3.97. The molecular formula is C11H12Br2O. The lowest BCUT2D eigenvalue weighted by Crippen LogP contribution is -2.03. The monoisotopic (exact) mass is 318 g/mol. The minimum Gasteiger partial charge on any atom is -0.285 e. The quantitative estimate of drug-likeness (QED) is 0.595. The molecule has 1 unspecified atom stereocenters. The fraction of sp³-hybridized carbons (Fsp3) is 0.364. The summed E-state index contributed by atoms with van der Waals surface area (Å²) in [5, 5.41) is 0. The summed E-state index contributed by atoms with van der Waals surface area (Å²) in [7, 11) is 0. The maximum atomic E-state index is 11.2. The highest BCUT2D eigenvalue weighted by Gasteiger charge is 2.18. The average Bonchev–Trinajstić information content (AvgIpc) is 2.01. The highest BCUT2D eigenvalue weighted by atomic mass is 79.9. The number of hydrogen-bond donors (Lipinski definition) is 0. The van der Waals surface area contributed by atoms with Crippen LogP contribution in [0, 0.1) is 20.8 Å². The van der Waals surface area contributed by atoms with Crippen LogP contribution in [0.4, 0.5) is 0 Å². The molecule has 0 fully saturated rings. The van der Waals surface area contributed by atoms with Gasteiger partial charge in [0.1, 0.15) is 4.83 Å². The van der Waals surface area contributed by atoms with Gasteiger partial charge in [0.25, 0.3) is 0 Å². The van der Waals surface area contributed by atoms with Gasteiger partial charge in [0.2, 0.25) is 4.69 Å². The molecule has 0 aliphatic carbocycles. The van der Waals surface area contributed by atoms with Gasteiger partial charge in [0, 0.05) is 0 Å². The smallest absolute Gasteiger partial charge is 0.215 e. The topological polar surface area (TPSA) is 17.1 Å². The molecule has 0 heterocycles. The Morgan fingerprint density at radius 2 is 1.64 bits per heavy atom. The van der Waals surface area contributed by atoms with Crippen molar-refractivity contribution in [2.45, 2.75) is 25.6 Å². The van der Waals surface area contributed by atoms with Crippen molar-refractivity contribution >= 4 is 36.6 Å². The highest BCUT2D eigenvalue weighted by molar-refractivity contribution is 9.19. The van der Waals surface area contributed by atoms with Gasteiger partial charge in [-0.2, -0.15) is 0 Å². The maximum Gasteiger partial charge on any atom is 0.215 e. The molecule has 0 aliphatic rings. The Bertz CT molecular complexity index is 349. The number of hydrogen-bond acceptors (Lipinski definition) is 1. The summed E-state index contributed by atoms with van der Waals surface area (Å²) in [4.78, 5) is 11.0. The number of rotatable bonds is 2. The van der Waals surface area contributed by atoms with E-state index in [-0.39, 0.29) is 9.52 Å². The molecule has 1 nitrogen and oxygen atoms in total. The number of alkyl halides is 1. The minimum absolute atomic E-state index is 0.0347. The van der Waals surface area contributed by atoms with Crippen molar-refractivity contribution in [1.29, 1.82) is 0 Å². The summed E-state index contributed by atoms with van der Waals surface area (Å²) < 4.78 is -0.0347. The van der Waals surface area contributed by atoms with Crippen LogP contribution in [0.2, 0.25) is 0 Å². The Morgan fingerprint density at radius 3 is 2.00 bits per heavy atom. The molecule has 0 saturated heterocycles. The van der Waals surface area contributed by atoms with E-state index >= 15 is 0 Å². The van der Waals surface area contributed by atoms with E-state index in [0.717, 1.165) is 16.7 Å². The SMILES string of the molecule is Cc1cc(C)c(C(Br)C(=O)Br)c(C)c1. The van der Waals surface area contributed by atoms with Gasteiger partial charge >= 0.3 is 0 Å². The zero-order valence-electron chi connectivity index (χ0n) is 8.40. The third kappa shape index (κ3) is 2.45. The van der Waals surface area contributed by atoms with Crippen LogP contribution in [-0.4, -0.2) is 4.69 Å². The number of halogens is 2. The van der Waals surface area contributed by atoms with Gasteiger partial charge in [0.15, 0.2) is 0 Å². The van der Waals surface area contributed by atoms with Gasteiger partial charge in [-0.25, -0.2) is 0 Å². The molecule has 0 radical (unpaired) electrons. The Morgan fingerprint density at radius 1 is 1.21 bits per heavy atom. The molecule has 1 rings (SSSR count). The standard InChI is InChI=1S/C11H12Br2O/c1-6-4-7(2)9(8(3)5-6)10(12)11(13)14/h4-5,10H,1-3H3. The van der Waals surface area contributed by atoms with Crippen molar-refractivity contribution in [3.05, 3.63) is 34.4 Å². The van der Waals surface area contributed by atoms with Gasteiger partial charge in [-0.1, -0.05) is 33.6 Å². The van der Waals surface area contributed by atoms with Crippen LogP contribution in [0.15, 0.2) is 12.1 Å². The van der Waals surface area contributed by atoms with Crippen LogP contribution in [0.3, 0.4) is 0 Å². The van der Waals surface area contributed by atoms with Gasteiger partial charge < -0.3 is 0 Å². The van der Waals surface area contributed by atoms with Gasteiger partial charge in [-0.15, -0.1) is 0 Å². The molecule has 0 aromatic heterocycles. The van der Waals surface area contributed by atoms with Crippen molar-refractivity contribution in [2.24, 2.45) is 0 Å². The molecule has 0 amide bonds. The van der Waals surface area contributed by atoms with Crippen molar-refractivity contribution < 1.29 is 4.79 Å². The van der Waals surface area contributed by atoms with Crippen molar-refractivity contribution in [1.82, 2.24) is 0 Å². The molecule has 1 atom stereocenters. The van der Waals surface area contributed by atoms with Crippen LogP contribution in [0.25, 0.3) is 0 Å². The van der Waals surface area contributed by atoms with Crippen molar-refractivity contribution in [2.75, 3.05) is 0 Å². The zero-order valence-corrected chi connectivity index (χ0v) is 11.6. The molecular weight excluding hydrogens is 308 g/mol. The first-order chi connectivity index (χ1) is 6.43. The zero-order chi connectivity index (χ0) is 10.9. The lowest BCUT2D eigenvalue weighted by Gasteiger charge is -2.13. The Hall–Kier alpha value is -0.150. The predicted molar refractivity (Wildman–Crippen MR) is 66.3 cm³/mol. The molecule has 0 aliphatic heterocycles. The highest BCUT2D eigenvalue weighted by Crippen LogP contribution is 2.32. The molecule has 0 bridgehead atoms. The Labute approximate surface area is 101 Å². The van der Waals surface area contributed by atoms with Gasteiger partial charge in [0.05, 0.1) is 0 Å². The van der Waals surface area contributed by atoms with Gasteiger partial charge in [-0.05, 0) is 53.4 Å². The molecule has 3 heteroatoms. The van der Waals surface area contributed by atoms with Crippen LogP contribution in [0.5, 0.6) is 0 Å². The first kappa shape index (κ1) is 11.9. The van der Waals surface area contributed by atoms with Crippen LogP contribution in [0.1, 0.15) is 27.1 Å². The van der Waals surface area contributed by atoms with E-state index < -0.39 is 0 Å². The number of carbonyl (C=O) groups is 1. The summed E-state index contributed by atoms with van der Waals surface area (Å²) in [6.45, 7) is 6.11. The molecule has 76 valence electrons.